The first kappa shape index (κ1) is 15.6. The number of methoxy groups -OCH3 is 1. The molecule has 0 spiro atoms. The average Bonchev–Trinajstić information content (AvgIpc) is 2.47. The number of benzene rings is 1. The number of rotatable bonds is 5. The van der Waals surface area contributed by atoms with Gasteiger partial charge < -0.3 is 14.6 Å². The molecule has 0 aromatic heterocycles. The van der Waals surface area contributed by atoms with Crippen molar-refractivity contribution in [1.29, 1.82) is 0 Å². The third kappa shape index (κ3) is 2.70. The maximum absolute atomic E-state index is 12.6. The first-order valence-electron chi connectivity index (χ1n) is 7.41. The van der Waals surface area contributed by atoms with Crippen LogP contribution >= 0.6 is 0 Å². The molecule has 1 atom stereocenters. The molecule has 0 saturated heterocycles. The molecule has 1 heterocycles. The lowest BCUT2D eigenvalue weighted by Crippen LogP contribution is -2.53. The van der Waals surface area contributed by atoms with Crippen molar-refractivity contribution >= 4 is 5.97 Å². The van der Waals surface area contributed by atoms with Crippen molar-refractivity contribution in [3.8, 4) is 11.5 Å². The van der Waals surface area contributed by atoms with E-state index in [4.69, 9.17) is 9.47 Å². The molecule has 1 aliphatic heterocycles. The highest BCUT2D eigenvalue weighted by atomic mass is 16.5. The van der Waals surface area contributed by atoms with E-state index in [9.17, 15) is 9.90 Å². The molecule has 0 fully saturated rings. The van der Waals surface area contributed by atoms with Gasteiger partial charge in [-0.15, -0.1) is 0 Å². The first-order valence-corrected chi connectivity index (χ1v) is 7.41. The summed E-state index contributed by atoms with van der Waals surface area (Å²) in [6.45, 7) is 4.86. The fourth-order valence-corrected chi connectivity index (χ4v) is 3.02. The predicted molar refractivity (Wildman–Crippen MR) is 79.6 cm³/mol. The van der Waals surface area contributed by atoms with Crippen molar-refractivity contribution in [1.82, 2.24) is 5.32 Å². The van der Waals surface area contributed by atoms with E-state index in [-0.39, 0.29) is 11.7 Å². The molecule has 0 saturated carbocycles. The summed E-state index contributed by atoms with van der Waals surface area (Å²) in [5.74, 6) is 0.218. The van der Waals surface area contributed by atoms with Crippen LogP contribution in [0, 0.1) is 0 Å². The van der Waals surface area contributed by atoms with E-state index >= 15 is 0 Å². The Morgan fingerprint density at radius 1 is 1.43 bits per heavy atom. The van der Waals surface area contributed by atoms with Crippen LogP contribution in [0.5, 0.6) is 11.5 Å². The summed E-state index contributed by atoms with van der Waals surface area (Å²) in [4.78, 5) is 12.6. The molecular weight excluding hydrogens is 270 g/mol. The lowest BCUT2D eigenvalue weighted by atomic mass is 9.79. The SMILES string of the molecule is CCC[C@]1(C(=O)OCC)NCCc2cc(O)c(OC)cc21. The molecule has 116 valence electrons. The number of carbonyl (C=O) groups is 1. The Balaban J connectivity index is 2.57. The lowest BCUT2D eigenvalue weighted by molar-refractivity contribution is -0.152. The van der Waals surface area contributed by atoms with Gasteiger partial charge >= 0.3 is 5.97 Å². The monoisotopic (exact) mass is 293 g/mol. The summed E-state index contributed by atoms with van der Waals surface area (Å²) < 4.78 is 10.5. The standard InChI is InChI=1S/C16H23NO4/c1-4-7-16(15(19)21-5-2)12-10-14(20-3)13(18)9-11(12)6-8-17-16/h9-10,17-18H,4-8H2,1-3H3/t16-/m0/s1. The van der Waals surface area contributed by atoms with Crippen LogP contribution in [0.4, 0.5) is 0 Å². The zero-order valence-electron chi connectivity index (χ0n) is 12.9. The minimum absolute atomic E-state index is 0.104. The van der Waals surface area contributed by atoms with Gasteiger partial charge in [-0.2, -0.15) is 0 Å². The number of fused-ring (bicyclic) bond motifs is 1. The van der Waals surface area contributed by atoms with Crippen molar-refractivity contribution in [2.45, 2.75) is 38.6 Å². The summed E-state index contributed by atoms with van der Waals surface area (Å²) in [7, 11) is 1.50. The number of hydrogen-bond acceptors (Lipinski definition) is 5. The van der Waals surface area contributed by atoms with Gasteiger partial charge in [0.1, 0.15) is 5.54 Å². The maximum Gasteiger partial charge on any atom is 0.331 e. The molecule has 2 N–H and O–H groups in total. The second kappa shape index (κ2) is 6.35. The van der Waals surface area contributed by atoms with E-state index in [1.807, 2.05) is 6.92 Å². The summed E-state index contributed by atoms with van der Waals surface area (Å²) in [5, 5.41) is 13.3. The fraction of sp³-hybridized carbons (Fsp3) is 0.562. The van der Waals surface area contributed by atoms with Crippen LogP contribution in [0.1, 0.15) is 37.8 Å². The Bertz CT molecular complexity index is 529. The second-order valence-corrected chi connectivity index (χ2v) is 5.23. The van der Waals surface area contributed by atoms with E-state index in [0.29, 0.717) is 25.3 Å². The molecule has 2 rings (SSSR count). The number of hydrogen-bond donors (Lipinski definition) is 2. The van der Waals surface area contributed by atoms with Gasteiger partial charge in [0.25, 0.3) is 0 Å². The Morgan fingerprint density at radius 3 is 2.81 bits per heavy atom. The summed E-state index contributed by atoms with van der Waals surface area (Å²) in [6, 6.07) is 3.45. The van der Waals surface area contributed by atoms with Crippen LogP contribution in [0.25, 0.3) is 0 Å². The minimum Gasteiger partial charge on any atom is -0.504 e. The molecule has 5 nitrogen and oxygen atoms in total. The zero-order valence-corrected chi connectivity index (χ0v) is 12.9. The van der Waals surface area contributed by atoms with Gasteiger partial charge in [0.15, 0.2) is 11.5 Å². The van der Waals surface area contributed by atoms with Crippen molar-refractivity contribution in [3.05, 3.63) is 23.3 Å². The molecule has 21 heavy (non-hydrogen) atoms. The number of aromatic hydroxyl groups is 1. The van der Waals surface area contributed by atoms with E-state index in [0.717, 1.165) is 24.0 Å². The molecule has 5 heteroatoms. The van der Waals surface area contributed by atoms with Crippen LogP contribution in [0.2, 0.25) is 0 Å². The number of phenolic OH excluding ortho intramolecular Hbond substituents is 1. The van der Waals surface area contributed by atoms with Crippen molar-refractivity contribution < 1.29 is 19.4 Å². The zero-order chi connectivity index (χ0) is 15.5. The summed E-state index contributed by atoms with van der Waals surface area (Å²) in [5.41, 5.74) is 0.969. The van der Waals surface area contributed by atoms with Crippen LogP contribution in [-0.4, -0.2) is 31.3 Å². The maximum atomic E-state index is 12.6. The van der Waals surface area contributed by atoms with Crippen LogP contribution < -0.4 is 10.1 Å². The number of ether oxygens (including phenoxy) is 2. The number of carbonyl (C=O) groups excluding carboxylic acids is 1. The van der Waals surface area contributed by atoms with Gasteiger partial charge in [-0.05, 0) is 43.0 Å². The first-order chi connectivity index (χ1) is 10.1. The summed E-state index contributed by atoms with van der Waals surface area (Å²) >= 11 is 0. The van der Waals surface area contributed by atoms with Crippen molar-refractivity contribution in [2.75, 3.05) is 20.3 Å². The molecule has 0 amide bonds. The normalized spacial score (nSPS) is 20.7. The highest BCUT2D eigenvalue weighted by Gasteiger charge is 2.44. The van der Waals surface area contributed by atoms with Gasteiger partial charge in [-0.1, -0.05) is 13.3 Å². The van der Waals surface area contributed by atoms with Crippen LogP contribution in [-0.2, 0) is 21.5 Å². The Hall–Kier alpha value is -1.75. The quantitative estimate of drug-likeness (QED) is 0.814. The molecular formula is C16H23NO4. The Labute approximate surface area is 125 Å². The van der Waals surface area contributed by atoms with E-state index in [2.05, 4.69) is 5.32 Å². The van der Waals surface area contributed by atoms with E-state index in [1.165, 1.54) is 7.11 Å². The van der Waals surface area contributed by atoms with Crippen LogP contribution in [0.3, 0.4) is 0 Å². The highest BCUT2D eigenvalue weighted by Crippen LogP contribution is 2.40. The molecule has 1 aliphatic rings. The molecule has 0 aliphatic carbocycles. The molecule has 1 aromatic carbocycles. The largest absolute Gasteiger partial charge is 0.504 e. The number of nitrogens with one attached hydrogen (secondary N) is 1. The third-order valence-electron chi connectivity index (χ3n) is 3.93. The third-order valence-corrected chi connectivity index (χ3v) is 3.93. The number of phenols is 1. The van der Waals surface area contributed by atoms with Crippen molar-refractivity contribution in [2.24, 2.45) is 0 Å². The van der Waals surface area contributed by atoms with Gasteiger partial charge in [-0.3, -0.25) is 5.32 Å². The fourth-order valence-electron chi connectivity index (χ4n) is 3.02. The average molecular weight is 293 g/mol. The highest BCUT2D eigenvalue weighted by molar-refractivity contribution is 5.84. The second-order valence-electron chi connectivity index (χ2n) is 5.23. The minimum atomic E-state index is -0.848. The lowest BCUT2D eigenvalue weighted by Gasteiger charge is -2.38. The van der Waals surface area contributed by atoms with E-state index < -0.39 is 5.54 Å². The van der Waals surface area contributed by atoms with Gasteiger partial charge in [0.05, 0.1) is 13.7 Å². The molecule has 0 bridgehead atoms. The van der Waals surface area contributed by atoms with Crippen LogP contribution in [0.15, 0.2) is 12.1 Å². The Kier molecular flexibility index (Phi) is 4.73. The number of esters is 1. The summed E-state index contributed by atoms with van der Waals surface area (Å²) in [6.07, 6.45) is 2.25. The smallest absolute Gasteiger partial charge is 0.331 e. The Morgan fingerprint density at radius 2 is 2.19 bits per heavy atom. The predicted octanol–water partition coefficient (Wildman–Crippen LogP) is 2.10. The van der Waals surface area contributed by atoms with Gasteiger partial charge in [0, 0.05) is 6.54 Å². The topological polar surface area (TPSA) is 67.8 Å². The van der Waals surface area contributed by atoms with Crippen molar-refractivity contribution in [3.63, 3.8) is 0 Å². The molecule has 0 radical (unpaired) electrons. The van der Waals surface area contributed by atoms with Gasteiger partial charge in [-0.25, -0.2) is 4.79 Å². The molecule has 0 unspecified atom stereocenters. The molecule has 1 aromatic rings. The van der Waals surface area contributed by atoms with Gasteiger partial charge in [0.2, 0.25) is 0 Å². The van der Waals surface area contributed by atoms with E-state index in [1.54, 1.807) is 19.1 Å².